The zero-order chi connectivity index (χ0) is 8.10. The molecule has 1 atom stereocenters. The third kappa shape index (κ3) is 2.81. The van der Waals surface area contributed by atoms with Crippen molar-refractivity contribution < 1.29 is 9.53 Å². The Morgan fingerprint density at radius 2 is 2.73 bits per heavy atom. The lowest BCUT2D eigenvalue weighted by Gasteiger charge is -2.02. The lowest BCUT2D eigenvalue weighted by molar-refractivity contribution is -0.130. The Labute approximate surface area is 72.3 Å². The van der Waals surface area contributed by atoms with E-state index in [9.17, 15) is 4.79 Å². The Morgan fingerprint density at radius 3 is 3.27 bits per heavy atom. The standard InChI is InChI=1S/C5H5ClN2O2S/c6-5(10-3-9)1-4-2-11-8-7-4/h2-3,5H,1H2. The molecule has 0 N–H and O–H groups in total. The molecular weight excluding hydrogens is 188 g/mol. The molecule has 1 heterocycles. The fourth-order valence-electron chi connectivity index (χ4n) is 0.546. The van der Waals surface area contributed by atoms with Crippen LogP contribution in [0.3, 0.4) is 0 Å². The van der Waals surface area contributed by atoms with Crippen LogP contribution in [-0.4, -0.2) is 21.6 Å². The van der Waals surface area contributed by atoms with Crippen molar-refractivity contribution in [2.45, 2.75) is 12.0 Å². The van der Waals surface area contributed by atoms with Crippen LogP contribution in [0.1, 0.15) is 5.69 Å². The molecule has 0 fully saturated rings. The zero-order valence-electron chi connectivity index (χ0n) is 5.44. The van der Waals surface area contributed by atoms with E-state index in [-0.39, 0.29) is 0 Å². The van der Waals surface area contributed by atoms with Gasteiger partial charge in [0.25, 0.3) is 6.47 Å². The molecule has 1 aromatic heterocycles. The molecule has 0 bridgehead atoms. The highest BCUT2D eigenvalue weighted by atomic mass is 35.5. The van der Waals surface area contributed by atoms with E-state index in [2.05, 4.69) is 14.3 Å². The Bertz CT molecular complexity index is 216. The number of halogens is 1. The number of alkyl halides is 1. The third-order valence-corrected chi connectivity index (χ3v) is 1.79. The van der Waals surface area contributed by atoms with E-state index in [1.165, 1.54) is 11.5 Å². The van der Waals surface area contributed by atoms with Gasteiger partial charge in [-0.1, -0.05) is 16.1 Å². The molecule has 4 nitrogen and oxygen atoms in total. The van der Waals surface area contributed by atoms with Crippen LogP contribution in [0.4, 0.5) is 0 Å². The maximum Gasteiger partial charge on any atom is 0.294 e. The van der Waals surface area contributed by atoms with E-state index in [0.29, 0.717) is 12.9 Å². The van der Waals surface area contributed by atoms with Gasteiger partial charge in [-0.15, -0.1) is 5.10 Å². The molecule has 0 radical (unpaired) electrons. The van der Waals surface area contributed by atoms with Gasteiger partial charge in [0, 0.05) is 11.8 Å². The minimum absolute atomic E-state index is 0.317. The largest absolute Gasteiger partial charge is 0.448 e. The van der Waals surface area contributed by atoms with Gasteiger partial charge >= 0.3 is 0 Å². The Balaban J connectivity index is 2.37. The zero-order valence-corrected chi connectivity index (χ0v) is 7.01. The fourth-order valence-corrected chi connectivity index (χ4v) is 1.21. The second kappa shape index (κ2) is 4.25. The minimum atomic E-state index is -0.642. The molecule has 60 valence electrons. The maximum absolute atomic E-state index is 9.80. The number of ether oxygens (including phenoxy) is 1. The van der Waals surface area contributed by atoms with Gasteiger partial charge in [-0.3, -0.25) is 4.79 Å². The molecule has 1 rings (SSSR count). The van der Waals surface area contributed by atoms with Crippen LogP contribution in [0.2, 0.25) is 0 Å². The van der Waals surface area contributed by atoms with Crippen molar-refractivity contribution in [2.75, 3.05) is 0 Å². The summed E-state index contributed by atoms with van der Waals surface area (Å²) in [7, 11) is 0. The van der Waals surface area contributed by atoms with Crippen LogP contribution in [0, 0.1) is 0 Å². The highest BCUT2D eigenvalue weighted by Gasteiger charge is 2.07. The van der Waals surface area contributed by atoms with Gasteiger partial charge in [-0.2, -0.15) is 0 Å². The van der Waals surface area contributed by atoms with Crippen molar-refractivity contribution in [1.29, 1.82) is 0 Å². The van der Waals surface area contributed by atoms with Gasteiger partial charge < -0.3 is 4.74 Å². The average molecular weight is 193 g/mol. The van der Waals surface area contributed by atoms with Gasteiger partial charge in [0.05, 0.1) is 5.69 Å². The second-order valence-electron chi connectivity index (χ2n) is 1.74. The molecule has 0 aliphatic heterocycles. The molecule has 0 aliphatic carbocycles. The summed E-state index contributed by atoms with van der Waals surface area (Å²) >= 11 is 6.79. The summed E-state index contributed by atoms with van der Waals surface area (Å²) in [5, 5.41) is 5.48. The summed E-state index contributed by atoms with van der Waals surface area (Å²) in [6.07, 6.45) is 0.400. The first kappa shape index (κ1) is 8.42. The highest BCUT2D eigenvalue weighted by molar-refractivity contribution is 7.03. The van der Waals surface area contributed by atoms with E-state index in [1.54, 1.807) is 5.38 Å². The lowest BCUT2D eigenvalue weighted by Crippen LogP contribution is -2.07. The van der Waals surface area contributed by atoms with Crippen molar-refractivity contribution in [2.24, 2.45) is 0 Å². The van der Waals surface area contributed by atoms with E-state index in [0.717, 1.165) is 5.69 Å². The topological polar surface area (TPSA) is 52.1 Å². The first-order chi connectivity index (χ1) is 5.33. The van der Waals surface area contributed by atoms with Crippen molar-refractivity contribution >= 4 is 29.6 Å². The van der Waals surface area contributed by atoms with Gasteiger partial charge in [-0.25, -0.2) is 0 Å². The van der Waals surface area contributed by atoms with Gasteiger partial charge in [-0.05, 0) is 11.5 Å². The average Bonchev–Trinajstić information content (AvgIpc) is 2.40. The summed E-state index contributed by atoms with van der Waals surface area (Å²) in [5.74, 6) is 0. The number of carbonyl (C=O) groups excluding carboxylic acids is 1. The molecule has 0 amide bonds. The van der Waals surface area contributed by atoms with E-state index >= 15 is 0 Å². The van der Waals surface area contributed by atoms with Crippen molar-refractivity contribution in [3.63, 3.8) is 0 Å². The Kier molecular flexibility index (Phi) is 3.25. The number of hydrogen-bond donors (Lipinski definition) is 0. The molecule has 0 saturated heterocycles. The first-order valence-corrected chi connectivity index (χ1v) is 4.09. The summed E-state index contributed by atoms with van der Waals surface area (Å²) in [6, 6.07) is 0. The van der Waals surface area contributed by atoms with E-state index < -0.39 is 5.56 Å². The van der Waals surface area contributed by atoms with Crippen molar-refractivity contribution in [1.82, 2.24) is 9.59 Å². The van der Waals surface area contributed by atoms with E-state index in [1.807, 2.05) is 0 Å². The number of rotatable bonds is 4. The molecule has 6 heteroatoms. The maximum atomic E-state index is 9.80. The van der Waals surface area contributed by atoms with Crippen molar-refractivity contribution in [3.05, 3.63) is 11.1 Å². The number of nitrogens with zero attached hydrogens (tertiary/aromatic N) is 2. The normalized spacial score (nSPS) is 12.5. The van der Waals surface area contributed by atoms with Gasteiger partial charge in [0.1, 0.15) is 0 Å². The number of aromatic nitrogens is 2. The minimum Gasteiger partial charge on any atom is -0.448 e. The first-order valence-electron chi connectivity index (χ1n) is 2.82. The van der Waals surface area contributed by atoms with Gasteiger partial charge in [0.2, 0.25) is 0 Å². The summed E-state index contributed by atoms with van der Waals surface area (Å²) in [4.78, 5) is 9.80. The van der Waals surface area contributed by atoms with Crippen LogP contribution in [-0.2, 0) is 16.0 Å². The summed E-state index contributed by atoms with van der Waals surface area (Å²) in [6.45, 7) is 0.317. The van der Waals surface area contributed by atoms with Crippen LogP contribution < -0.4 is 0 Å². The molecule has 0 saturated carbocycles. The monoisotopic (exact) mass is 192 g/mol. The molecule has 1 aromatic rings. The summed E-state index contributed by atoms with van der Waals surface area (Å²) in [5.41, 5.74) is 0.0910. The predicted octanol–water partition coefficient (Wildman–Crippen LogP) is 0.818. The Hall–Kier alpha value is -0.680. The predicted molar refractivity (Wildman–Crippen MR) is 40.4 cm³/mol. The SMILES string of the molecule is O=COC(Cl)Cc1csnn1. The molecule has 0 aliphatic rings. The Morgan fingerprint density at radius 1 is 1.91 bits per heavy atom. The van der Waals surface area contributed by atoms with Crippen LogP contribution in [0.5, 0.6) is 0 Å². The van der Waals surface area contributed by atoms with Gasteiger partial charge in [0.15, 0.2) is 5.56 Å². The van der Waals surface area contributed by atoms with Crippen molar-refractivity contribution in [3.8, 4) is 0 Å². The van der Waals surface area contributed by atoms with Crippen LogP contribution in [0.25, 0.3) is 0 Å². The highest BCUT2D eigenvalue weighted by Crippen LogP contribution is 2.06. The molecule has 11 heavy (non-hydrogen) atoms. The number of hydrogen-bond acceptors (Lipinski definition) is 5. The van der Waals surface area contributed by atoms with Crippen LogP contribution in [0.15, 0.2) is 5.38 Å². The lowest BCUT2D eigenvalue weighted by atomic mass is 10.4. The quantitative estimate of drug-likeness (QED) is 0.524. The van der Waals surface area contributed by atoms with Crippen LogP contribution >= 0.6 is 23.1 Å². The molecule has 0 spiro atoms. The molecular formula is C5H5ClN2O2S. The third-order valence-electron chi connectivity index (χ3n) is 0.978. The second-order valence-corrected chi connectivity index (χ2v) is 2.84. The molecule has 1 unspecified atom stereocenters. The van der Waals surface area contributed by atoms with E-state index in [4.69, 9.17) is 11.6 Å². The fraction of sp³-hybridized carbons (Fsp3) is 0.400. The smallest absolute Gasteiger partial charge is 0.294 e. The number of carbonyl (C=O) groups is 1. The summed E-state index contributed by atoms with van der Waals surface area (Å²) < 4.78 is 8.06. The molecule has 0 aromatic carbocycles.